The Balaban J connectivity index is 2.56. The van der Waals surface area contributed by atoms with E-state index in [1.807, 2.05) is 47.6 Å². The summed E-state index contributed by atoms with van der Waals surface area (Å²) in [5.41, 5.74) is 8.07. The van der Waals surface area contributed by atoms with E-state index >= 15 is 0 Å². The second kappa shape index (κ2) is 9.38. The number of nitrogens with two attached hydrogens (primary N) is 1. The molecule has 0 saturated carbocycles. The average Bonchev–Trinajstić information content (AvgIpc) is 2.61. The van der Waals surface area contributed by atoms with E-state index in [9.17, 15) is 4.79 Å². The summed E-state index contributed by atoms with van der Waals surface area (Å²) in [5.74, 6) is 1.37. The minimum Gasteiger partial charge on any atom is -0.487 e. The molecule has 2 rings (SSSR count). The lowest BCUT2D eigenvalue weighted by Gasteiger charge is -2.28. The van der Waals surface area contributed by atoms with Crippen molar-refractivity contribution in [1.82, 2.24) is 0 Å². The summed E-state index contributed by atoms with van der Waals surface area (Å²) in [6.45, 7) is 14.2. The Labute approximate surface area is 181 Å². The largest absolute Gasteiger partial charge is 0.487 e. The van der Waals surface area contributed by atoms with Gasteiger partial charge >= 0.3 is 0 Å². The van der Waals surface area contributed by atoms with Crippen molar-refractivity contribution < 1.29 is 14.3 Å². The first-order chi connectivity index (χ1) is 13.9. The van der Waals surface area contributed by atoms with Crippen LogP contribution in [-0.2, 0) is 6.42 Å². The molecule has 0 aliphatic carbocycles. The molecule has 2 aromatic rings. The number of carbonyl (C=O) groups excluding carboxylic acids is 1. The molecule has 4 nitrogen and oxygen atoms in total. The molecule has 2 N–H and O–H groups in total. The number of ether oxygens (including phenoxy) is 2. The van der Waals surface area contributed by atoms with Gasteiger partial charge in [0.05, 0.1) is 5.56 Å². The van der Waals surface area contributed by atoms with Gasteiger partial charge in [-0.2, -0.15) is 0 Å². The molecule has 30 heavy (non-hydrogen) atoms. The maximum Gasteiger partial charge on any atom is 0.185 e. The Morgan fingerprint density at radius 2 is 1.53 bits per heavy atom. The van der Waals surface area contributed by atoms with Crippen LogP contribution in [0.1, 0.15) is 76.4 Å². The Morgan fingerprint density at radius 1 is 0.933 bits per heavy atom. The Hall–Kier alpha value is -2.75. The maximum atomic E-state index is 12.7. The normalized spacial score (nSPS) is 12.2. The Morgan fingerprint density at radius 3 is 2.07 bits per heavy atom. The second-order valence-electron chi connectivity index (χ2n) is 9.46. The number of hydrogen-bond acceptors (Lipinski definition) is 4. The molecule has 0 saturated heterocycles. The number of aryl methyl sites for hydroxylation is 1. The van der Waals surface area contributed by atoms with Crippen LogP contribution in [0.15, 0.2) is 42.5 Å². The molecule has 0 unspecified atom stereocenters. The van der Waals surface area contributed by atoms with Crippen LogP contribution in [0, 0.1) is 0 Å². The first kappa shape index (κ1) is 23.5. The highest BCUT2D eigenvalue weighted by molar-refractivity contribution is 6.07. The van der Waals surface area contributed by atoms with Crippen LogP contribution in [0.25, 0.3) is 6.08 Å². The molecule has 0 fully saturated rings. The molecule has 0 radical (unpaired) electrons. The quantitative estimate of drug-likeness (QED) is 0.323. The minimum absolute atomic E-state index is 0.0979. The third-order valence-corrected chi connectivity index (χ3v) is 4.18. The molecular formula is C26H35NO3. The van der Waals surface area contributed by atoms with E-state index in [1.165, 1.54) is 0 Å². The molecular weight excluding hydrogens is 374 g/mol. The van der Waals surface area contributed by atoms with Crippen molar-refractivity contribution in [3.05, 3.63) is 59.2 Å². The third kappa shape index (κ3) is 6.94. The van der Waals surface area contributed by atoms with Gasteiger partial charge in [-0.3, -0.25) is 4.79 Å². The van der Waals surface area contributed by atoms with Gasteiger partial charge in [0, 0.05) is 11.3 Å². The van der Waals surface area contributed by atoms with E-state index < -0.39 is 0 Å². The molecule has 0 bridgehead atoms. The van der Waals surface area contributed by atoms with Gasteiger partial charge in [-0.05, 0) is 96.0 Å². The number of nitrogen functional groups attached to an aromatic ring is 1. The monoisotopic (exact) mass is 409 g/mol. The second-order valence-corrected chi connectivity index (χ2v) is 9.46. The molecule has 162 valence electrons. The maximum absolute atomic E-state index is 12.7. The predicted molar refractivity (Wildman–Crippen MR) is 125 cm³/mol. The van der Waals surface area contributed by atoms with E-state index in [1.54, 1.807) is 36.4 Å². The number of carbonyl (C=O) groups is 1. The molecule has 0 aliphatic rings. The minimum atomic E-state index is -0.383. The van der Waals surface area contributed by atoms with Gasteiger partial charge in [0.25, 0.3) is 0 Å². The fraction of sp³-hybridized carbons (Fsp3) is 0.423. The lowest BCUT2D eigenvalue weighted by molar-refractivity contribution is 0.104. The van der Waals surface area contributed by atoms with E-state index in [-0.39, 0.29) is 17.0 Å². The molecule has 0 heterocycles. The smallest absolute Gasteiger partial charge is 0.185 e. The summed E-state index contributed by atoms with van der Waals surface area (Å²) >= 11 is 0. The van der Waals surface area contributed by atoms with Crippen LogP contribution in [0.2, 0.25) is 0 Å². The van der Waals surface area contributed by atoms with Crippen molar-refractivity contribution in [1.29, 1.82) is 0 Å². The van der Waals surface area contributed by atoms with E-state index in [0.29, 0.717) is 17.0 Å². The lowest BCUT2D eigenvalue weighted by Crippen LogP contribution is -2.26. The molecule has 0 atom stereocenters. The van der Waals surface area contributed by atoms with E-state index in [4.69, 9.17) is 15.2 Å². The number of hydrogen-bond donors (Lipinski definition) is 1. The van der Waals surface area contributed by atoms with Crippen molar-refractivity contribution in [2.24, 2.45) is 0 Å². The van der Waals surface area contributed by atoms with Crippen molar-refractivity contribution in [3.63, 3.8) is 0 Å². The van der Waals surface area contributed by atoms with Gasteiger partial charge in [0.1, 0.15) is 22.7 Å². The van der Waals surface area contributed by atoms with Gasteiger partial charge in [0.15, 0.2) is 5.78 Å². The summed E-state index contributed by atoms with van der Waals surface area (Å²) < 4.78 is 12.6. The van der Waals surface area contributed by atoms with Crippen molar-refractivity contribution >= 4 is 17.5 Å². The zero-order valence-electron chi connectivity index (χ0n) is 19.3. The average molecular weight is 410 g/mol. The van der Waals surface area contributed by atoms with Gasteiger partial charge in [-0.1, -0.05) is 19.4 Å². The number of ketones is 1. The first-order valence-electron chi connectivity index (χ1n) is 10.5. The van der Waals surface area contributed by atoms with E-state index in [2.05, 4.69) is 13.0 Å². The molecule has 0 aromatic heterocycles. The number of benzene rings is 2. The Bertz CT molecular complexity index is 898. The summed E-state index contributed by atoms with van der Waals surface area (Å²) in [6, 6.07) is 10.9. The molecule has 0 spiro atoms. The lowest BCUT2D eigenvalue weighted by atomic mass is 10.0. The standard InChI is InChI=1S/C26H35NO3/c1-8-9-19-12-17-23(29-25(2,3)4)21(24(19)30-26(5,6)7)15-16-22(28)18-10-13-20(27)14-11-18/h10-17H,8-9,27H2,1-7H3. The molecule has 2 aromatic carbocycles. The fourth-order valence-electron chi connectivity index (χ4n) is 3.00. The molecule has 0 aliphatic heterocycles. The van der Waals surface area contributed by atoms with Crippen LogP contribution in [-0.4, -0.2) is 17.0 Å². The highest BCUT2D eigenvalue weighted by Gasteiger charge is 2.22. The van der Waals surface area contributed by atoms with Crippen LogP contribution < -0.4 is 15.2 Å². The van der Waals surface area contributed by atoms with Gasteiger partial charge in [-0.15, -0.1) is 0 Å². The van der Waals surface area contributed by atoms with Crippen LogP contribution in [0.5, 0.6) is 11.5 Å². The zero-order chi connectivity index (χ0) is 22.5. The predicted octanol–water partition coefficient (Wildman–Crippen LogP) is 6.47. The summed E-state index contributed by atoms with van der Waals surface area (Å²) in [4.78, 5) is 12.7. The number of anilines is 1. The first-order valence-corrected chi connectivity index (χ1v) is 10.5. The highest BCUT2D eigenvalue weighted by Crippen LogP contribution is 2.38. The van der Waals surface area contributed by atoms with Crippen LogP contribution in [0.3, 0.4) is 0 Å². The van der Waals surface area contributed by atoms with Crippen molar-refractivity contribution in [2.45, 2.75) is 72.5 Å². The zero-order valence-corrected chi connectivity index (χ0v) is 19.3. The number of allylic oxidation sites excluding steroid dienone is 1. The van der Waals surface area contributed by atoms with Crippen molar-refractivity contribution in [3.8, 4) is 11.5 Å². The van der Waals surface area contributed by atoms with E-state index in [0.717, 1.165) is 29.7 Å². The summed E-state index contributed by atoms with van der Waals surface area (Å²) in [6.07, 6.45) is 5.25. The fourth-order valence-corrected chi connectivity index (χ4v) is 3.00. The van der Waals surface area contributed by atoms with Crippen molar-refractivity contribution in [2.75, 3.05) is 5.73 Å². The Kier molecular flexibility index (Phi) is 7.35. The summed E-state index contributed by atoms with van der Waals surface area (Å²) in [7, 11) is 0. The summed E-state index contributed by atoms with van der Waals surface area (Å²) in [5, 5.41) is 0. The van der Waals surface area contributed by atoms with Gasteiger partial charge in [0.2, 0.25) is 0 Å². The number of rotatable bonds is 7. The highest BCUT2D eigenvalue weighted by atomic mass is 16.5. The molecule has 0 amide bonds. The van der Waals surface area contributed by atoms with Crippen LogP contribution in [0.4, 0.5) is 5.69 Å². The van der Waals surface area contributed by atoms with Gasteiger partial charge in [-0.25, -0.2) is 0 Å². The van der Waals surface area contributed by atoms with Crippen LogP contribution >= 0.6 is 0 Å². The molecule has 4 heteroatoms. The SMILES string of the molecule is CCCc1ccc(OC(C)(C)C)c(C=CC(=O)c2ccc(N)cc2)c1OC(C)(C)C. The topological polar surface area (TPSA) is 61.5 Å². The third-order valence-electron chi connectivity index (χ3n) is 4.18. The van der Waals surface area contributed by atoms with Gasteiger partial charge < -0.3 is 15.2 Å².